The van der Waals surface area contributed by atoms with E-state index in [1.54, 1.807) is 35.2 Å². The summed E-state index contributed by atoms with van der Waals surface area (Å²) in [6, 6.07) is 8.76. The van der Waals surface area contributed by atoms with Gasteiger partial charge in [-0.3, -0.25) is 14.9 Å². The van der Waals surface area contributed by atoms with Crippen molar-refractivity contribution in [1.29, 1.82) is 0 Å². The molecule has 0 fully saturated rings. The second kappa shape index (κ2) is 7.40. The number of fused-ring (bicyclic) bond motifs is 1. The van der Waals surface area contributed by atoms with Crippen LogP contribution in [-0.2, 0) is 6.54 Å². The van der Waals surface area contributed by atoms with Gasteiger partial charge in [-0.25, -0.2) is 9.67 Å². The number of hydrogen-bond acceptors (Lipinski definition) is 6. The normalized spacial score (nSPS) is 11.0. The number of benzene rings is 1. The molecule has 1 aromatic carbocycles. The predicted molar refractivity (Wildman–Crippen MR) is 107 cm³/mol. The van der Waals surface area contributed by atoms with Crippen molar-refractivity contribution in [3.8, 4) is 0 Å². The molecule has 4 aromatic rings. The molecule has 10 heteroatoms. The third-order valence-electron chi connectivity index (χ3n) is 4.27. The molecule has 4 rings (SSSR count). The SMILES string of the molecule is Cc1cc(C(=O)Nc2ccc(F)c([N+](=O)[O-])c2)c2cnn(Cc3cccs3)c2n1. The van der Waals surface area contributed by atoms with Gasteiger partial charge in [0.1, 0.15) is 0 Å². The van der Waals surface area contributed by atoms with Gasteiger partial charge in [-0.1, -0.05) is 6.07 Å². The highest BCUT2D eigenvalue weighted by Crippen LogP contribution is 2.24. The van der Waals surface area contributed by atoms with Gasteiger partial charge in [0.15, 0.2) is 5.65 Å². The van der Waals surface area contributed by atoms with Crippen LogP contribution in [0.1, 0.15) is 20.9 Å². The summed E-state index contributed by atoms with van der Waals surface area (Å²) in [5.41, 5.74) is 0.936. The number of carbonyl (C=O) groups is 1. The van der Waals surface area contributed by atoms with Gasteiger partial charge in [-0.15, -0.1) is 11.3 Å². The van der Waals surface area contributed by atoms with Gasteiger partial charge in [0.05, 0.1) is 28.6 Å². The van der Waals surface area contributed by atoms with Gasteiger partial charge < -0.3 is 5.32 Å². The van der Waals surface area contributed by atoms with Gasteiger partial charge in [0, 0.05) is 22.3 Å². The number of amides is 1. The number of nitro groups is 1. The number of aromatic nitrogens is 3. The average Bonchev–Trinajstić information content (AvgIpc) is 3.33. The van der Waals surface area contributed by atoms with Gasteiger partial charge in [0.2, 0.25) is 5.82 Å². The molecule has 3 aromatic heterocycles. The number of carbonyl (C=O) groups excluding carboxylic acids is 1. The van der Waals surface area contributed by atoms with Crippen LogP contribution in [0.2, 0.25) is 0 Å². The third-order valence-corrected chi connectivity index (χ3v) is 5.13. The maximum atomic E-state index is 13.5. The number of aryl methyl sites for hydroxylation is 1. The van der Waals surface area contributed by atoms with Gasteiger partial charge in [0.25, 0.3) is 5.91 Å². The molecule has 0 saturated heterocycles. The number of thiophene rings is 1. The number of pyridine rings is 1. The number of nitro benzene ring substituents is 1. The standard InChI is InChI=1S/C19H14FN5O3S/c1-11-7-14(19(26)23-12-4-5-16(20)17(8-12)25(27)28)15-9-21-24(18(15)22-11)10-13-3-2-6-29-13/h2-9H,10H2,1H3,(H,23,26). The van der Waals surface area contributed by atoms with Crippen LogP contribution >= 0.6 is 11.3 Å². The van der Waals surface area contributed by atoms with Crippen molar-refractivity contribution >= 4 is 39.7 Å². The second-order valence-electron chi connectivity index (χ2n) is 6.31. The average molecular weight is 411 g/mol. The Kier molecular flexibility index (Phi) is 4.77. The molecule has 1 N–H and O–H groups in total. The summed E-state index contributed by atoms with van der Waals surface area (Å²) in [6.45, 7) is 2.30. The first-order chi connectivity index (χ1) is 13.9. The lowest BCUT2D eigenvalue weighted by Crippen LogP contribution is -2.13. The molecule has 3 heterocycles. The highest BCUT2D eigenvalue weighted by Gasteiger charge is 2.19. The lowest BCUT2D eigenvalue weighted by atomic mass is 10.1. The Hall–Kier alpha value is -3.66. The van der Waals surface area contributed by atoms with Gasteiger partial charge in [-0.2, -0.15) is 9.49 Å². The molecule has 29 heavy (non-hydrogen) atoms. The molecule has 0 bridgehead atoms. The van der Waals surface area contributed by atoms with E-state index in [1.807, 2.05) is 17.5 Å². The number of hydrogen-bond donors (Lipinski definition) is 1. The molecule has 8 nitrogen and oxygen atoms in total. The zero-order valence-electron chi connectivity index (χ0n) is 15.1. The second-order valence-corrected chi connectivity index (χ2v) is 7.34. The van der Waals surface area contributed by atoms with Crippen LogP contribution in [0.15, 0.2) is 48.0 Å². The van der Waals surface area contributed by atoms with Crippen LogP contribution < -0.4 is 5.32 Å². The molecule has 0 unspecified atom stereocenters. The zero-order valence-corrected chi connectivity index (χ0v) is 15.9. The van der Waals surface area contributed by atoms with Crippen molar-refractivity contribution in [2.24, 2.45) is 0 Å². The van der Waals surface area contributed by atoms with Crippen LogP contribution in [0.4, 0.5) is 15.8 Å². The fourth-order valence-corrected chi connectivity index (χ4v) is 3.64. The molecule has 0 saturated carbocycles. The smallest absolute Gasteiger partial charge is 0.306 e. The van der Waals surface area contributed by atoms with E-state index in [1.165, 1.54) is 6.07 Å². The molecule has 1 amide bonds. The first-order valence-electron chi connectivity index (χ1n) is 8.53. The lowest BCUT2D eigenvalue weighted by molar-refractivity contribution is -0.387. The summed E-state index contributed by atoms with van der Waals surface area (Å²) in [4.78, 5) is 28.5. The molecule has 0 aliphatic rings. The van der Waals surface area contributed by atoms with Crippen molar-refractivity contribution in [3.05, 3.63) is 80.0 Å². The Balaban J connectivity index is 1.68. The molecular weight excluding hydrogens is 397 g/mol. The third kappa shape index (κ3) is 3.69. The van der Waals surface area contributed by atoms with Crippen LogP contribution in [0.5, 0.6) is 0 Å². The monoisotopic (exact) mass is 411 g/mol. The Bertz CT molecular complexity index is 1240. The topological polar surface area (TPSA) is 103 Å². The number of nitrogens with one attached hydrogen (secondary N) is 1. The van der Waals surface area contributed by atoms with Crippen molar-refractivity contribution in [2.45, 2.75) is 13.5 Å². The Morgan fingerprint density at radius 3 is 2.90 bits per heavy atom. The maximum Gasteiger partial charge on any atom is 0.306 e. The molecule has 0 aliphatic heterocycles. The summed E-state index contributed by atoms with van der Waals surface area (Å²) < 4.78 is 15.2. The molecule has 146 valence electrons. The molecule has 0 aliphatic carbocycles. The zero-order chi connectivity index (χ0) is 20.5. The molecule has 0 atom stereocenters. The summed E-state index contributed by atoms with van der Waals surface area (Å²) in [7, 11) is 0. The maximum absolute atomic E-state index is 13.5. The molecule has 0 radical (unpaired) electrons. The lowest BCUT2D eigenvalue weighted by Gasteiger charge is -2.08. The Morgan fingerprint density at radius 1 is 1.34 bits per heavy atom. The van der Waals surface area contributed by atoms with Crippen molar-refractivity contribution in [1.82, 2.24) is 14.8 Å². The van der Waals surface area contributed by atoms with E-state index < -0.39 is 22.3 Å². The van der Waals surface area contributed by atoms with Crippen LogP contribution in [0, 0.1) is 22.9 Å². The van der Waals surface area contributed by atoms with E-state index in [2.05, 4.69) is 15.4 Å². The first kappa shape index (κ1) is 18.7. The Labute approximate surface area is 167 Å². The van der Waals surface area contributed by atoms with E-state index in [9.17, 15) is 19.3 Å². The van der Waals surface area contributed by atoms with E-state index in [-0.39, 0.29) is 5.69 Å². The Morgan fingerprint density at radius 2 is 2.17 bits per heavy atom. The fourth-order valence-electron chi connectivity index (χ4n) is 2.96. The van der Waals surface area contributed by atoms with Gasteiger partial charge >= 0.3 is 5.69 Å². The summed E-state index contributed by atoms with van der Waals surface area (Å²) in [6.07, 6.45) is 1.57. The highest BCUT2D eigenvalue weighted by molar-refractivity contribution is 7.09. The predicted octanol–water partition coefficient (Wildman–Crippen LogP) is 4.15. The first-order valence-corrected chi connectivity index (χ1v) is 9.41. The quantitative estimate of drug-likeness (QED) is 0.393. The summed E-state index contributed by atoms with van der Waals surface area (Å²) in [5.74, 6) is -1.46. The summed E-state index contributed by atoms with van der Waals surface area (Å²) in [5, 5.41) is 20.4. The number of halogens is 1. The molecular formula is C19H14FN5O3S. The number of anilines is 1. The van der Waals surface area contributed by atoms with E-state index >= 15 is 0 Å². The van der Waals surface area contributed by atoms with Crippen LogP contribution in [-0.4, -0.2) is 25.6 Å². The largest absolute Gasteiger partial charge is 0.322 e. The minimum absolute atomic E-state index is 0.122. The van der Waals surface area contributed by atoms with Crippen LogP contribution in [0.3, 0.4) is 0 Å². The van der Waals surface area contributed by atoms with Crippen LogP contribution in [0.25, 0.3) is 11.0 Å². The van der Waals surface area contributed by atoms with Crippen molar-refractivity contribution < 1.29 is 14.1 Å². The minimum atomic E-state index is -0.968. The van der Waals surface area contributed by atoms with E-state index in [4.69, 9.17) is 0 Å². The highest BCUT2D eigenvalue weighted by atomic mass is 32.1. The number of rotatable bonds is 5. The van der Waals surface area contributed by atoms with Crippen molar-refractivity contribution in [3.63, 3.8) is 0 Å². The minimum Gasteiger partial charge on any atom is -0.322 e. The van der Waals surface area contributed by atoms with E-state index in [0.29, 0.717) is 28.8 Å². The number of nitrogens with zero attached hydrogens (tertiary/aromatic N) is 4. The van der Waals surface area contributed by atoms with Crippen molar-refractivity contribution in [2.75, 3.05) is 5.32 Å². The van der Waals surface area contributed by atoms with E-state index in [0.717, 1.165) is 17.0 Å². The summed E-state index contributed by atoms with van der Waals surface area (Å²) >= 11 is 1.60. The molecule has 0 spiro atoms. The van der Waals surface area contributed by atoms with Gasteiger partial charge in [-0.05, 0) is 36.6 Å². The fraction of sp³-hybridized carbons (Fsp3) is 0.105.